The molecule has 6 heteroatoms. The van der Waals surface area contributed by atoms with Gasteiger partial charge in [-0.15, -0.1) is 0 Å². The van der Waals surface area contributed by atoms with Crippen molar-refractivity contribution in [2.24, 2.45) is 0 Å². The minimum atomic E-state index is -4.25. The zero-order chi connectivity index (χ0) is 18.9. The van der Waals surface area contributed by atoms with Crippen LogP contribution in [0.15, 0.2) is 65.6 Å². The molecule has 2 aromatic rings. The van der Waals surface area contributed by atoms with Crippen LogP contribution in [0.25, 0.3) is 0 Å². The van der Waals surface area contributed by atoms with Crippen LogP contribution in [-0.4, -0.2) is 57.3 Å². The summed E-state index contributed by atoms with van der Waals surface area (Å²) in [5, 5.41) is 0. The molecule has 5 nitrogen and oxygen atoms in total. The molecule has 0 bridgehead atoms. The first-order valence-electron chi connectivity index (χ1n) is 8.35. The Balaban J connectivity index is 0.000000209. The van der Waals surface area contributed by atoms with Gasteiger partial charge in [0.15, 0.2) is 0 Å². The molecule has 1 heterocycles. The van der Waals surface area contributed by atoms with E-state index in [1.54, 1.807) is 6.07 Å². The van der Waals surface area contributed by atoms with E-state index in [4.69, 9.17) is 4.74 Å². The van der Waals surface area contributed by atoms with Crippen LogP contribution >= 0.6 is 0 Å². The first-order chi connectivity index (χ1) is 12.4. The van der Waals surface area contributed by atoms with Crippen molar-refractivity contribution in [1.82, 2.24) is 0 Å². The molecule has 0 spiro atoms. The number of nitrogens with zero attached hydrogens (tertiary/aromatic N) is 1. The molecule has 0 aliphatic carbocycles. The van der Waals surface area contributed by atoms with Crippen LogP contribution in [0.3, 0.4) is 0 Å². The normalized spacial score (nSPS) is 15.8. The van der Waals surface area contributed by atoms with E-state index in [-0.39, 0.29) is 4.90 Å². The Morgan fingerprint density at radius 3 is 2.04 bits per heavy atom. The maximum absolute atomic E-state index is 10.3. The minimum absolute atomic E-state index is 0.185. The van der Waals surface area contributed by atoms with Gasteiger partial charge in [-0.3, -0.25) is 0 Å². The maximum atomic E-state index is 10.3. The molecule has 0 unspecified atom stereocenters. The van der Waals surface area contributed by atoms with Crippen LogP contribution in [0.5, 0.6) is 0 Å². The van der Waals surface area contributed by atoms with E-state index in [0.29, 0.717) is 0 Å². The van der Waals surface area contributed by atoms with Crippen LogP contribution in [0, 0.1) is 11.8 Å². The van der Waals surface area contributed by atoms with Crippen LogP contribution in [0.2, 0.25) is 0 Å². The van der Waals surface area contributed by atoms with Crippen molar-refractivity contribution >= 4 is 10.1 Å². The van der Waals surface area contributed by atoms with Gasteiger partial charge in [0.2, 0.25) is 0 Å². The van der Waals surface area contributed by atoms with E-state index in [1.165, 1.54) is 24.3 Å². The summed E-state index contributed by atoms with van der Waals surface area (Å²) in [7, 11) is -2.00. The summed E-state index contributed by atoms with van der Waals surface area (Å²) >= 11 is 0. The molecule has 0 radical (unpaired) electrons. The van der Waals surface area contributed by atoms with Gasteiger partial charge in [0.05, 0.1) is 25.2 Å². The highest BCUT2D eigenvalue weighted by Gasteiger charge is 2.23. The summed E-state index contributed by atoms with van der Waals surface area (Å²) in [4.78, 5) is -0.185. The molecule has 0 amide bonds. The van der Waals surface area contributed by atoms with Gasteiger partial charge in [-0.05, 0) is 30.2 Å². The average molecular weight is 373 g/mol. The number of rotatable bonds is 2. The molecule has 26 heavy (non-hydrogen) atoms. The highest BCUT2D eigenvalue weighted by Crippen LogP contribution is 2.06. The molecule has 138 valence electrons. The Morgan fingerprint density at radius 2 is 1.54 bits per heavy atom. The van der Waals surface area contributed by atoms with Gasteiger partial charge >= 0.3 is 0 Å². The second-order valence-electron chi connectivity index (χ2n) is 6.27. The highest BCUT2D eigenvalue weighted by atomic mass is 32.2. The van der Waals surface area contributed by atoms with Gasteiger partial charge in [0.25, 0.3) is 0 Å². The topological polar surface area (TPSA) is 66.4 Å². The van der Waals surface area contributed by atoms with Crippen LogP contribution in [-0.2, 0) is 14.9 Å². The van der Waals surface area contributed by atoms with E-state index in [0.717, 1.165) is 42.9 Å². The molecule has 0 saturated carbocycles. The van der Waals surface area contributed by atoms with Gasteiger partial charge < -0.3 is 13.8 Å². The fraction of sp³-hybridized carbons (Fsp3) is 0.300. The van der Waals surface area contributed by atoms with Gasteiger partial charge in [0, 0.05) is 5.56 Å². The molecule has 1 aliphatic heterocycles. The van der Waals surface area contributed by atoms with Gasteiger partial charge in [0.1, 0.15) is 29.8 Å². The van der Waals surface area contributed by atoms with Crippen molar-refractivity contribution in [2.75, 3.05) is 39.9 Å². The number of hydrogen-bond donors (Lipinski definition) is 0. The Labute approximate surface area is 155 Å². The van der Waals surface area contributed by atoms with Gasteiger partial charge in [-0.25, -0.2) is 8.42 Å². The third kappa shape index (κ3) is 6.98. The molecular weight excluding hydrogens is 350 g/mol. The highest BCUT2D eigenvalue weighted by molar-refractivity contribution is 7.85. The lowest BCUT2D eigenvalue weighted by molar-refractivity contribution is -0.910. The number of benzene rings is 2. The summed E-state index contributed by atoms with van der Waals surface area (Å²) in [5.41, 5.74) is 1.10. The maximum Gasteiger partial charge on any atom is 0.141 e. The molecule has 0 atom stereocenters. The lowest BCUT2D eigenvalue weighted by Gasteiger charge is -2.35. The molecule has 1 saturated heterocycles. The summed E-state index contributed by atoms with van der Waals surface area (Å²) in [5.74, 6) is 6.49. The monoisotopic (exact) mass is 373 g/mol. The van der Waals surface area contributed by atoms with E-state index < -0.39 is 10.1 Å². The van der Waals surface area contributed by atoms with Crippen molar-refractivity contribution in [3.8, 4) is 11.8 Å². The van der Waals surface area contributed by atoms with Crippen molar-refractivity contribution in [3.63, 3.8) is 0 Å². The van der Waals surface area contributed by atoms with Crippen molar-refractivity contribution < 1.29 is 22.2 Å². The second-order valence-corrected chi connectivity index (χ2v) is 7.65. The van der Waals surface area contributed by atoms with E-state index in [2.05, 4.69) is 18.9 Å². The fourth-order valence-electron chi connectivity index (χ4n) is 2.38. The Bertz CT molecular complexity index is 834. The standard InChI is InChI=1S/C14H18NO.C6H6O3S/c1-15(10-12-16-13-11-15)9-5-8-14-6-3-2-4-7-14;7-10(8,9)6-4-2-1-3-5-6/h2-4,6-7H,9-13H2,1H3;1-5H,(H,7,8,9)/q+1;/p-1. The van der Waals surface area contributed by atoms with Crippen molar-refractivity contribution in [3.05, 3.63) is 66.2 Å². The Kier molecular flexibility index (Phi) is 7.37. The van der Waals surface area contributed by atoms with Crippen LogP contribution in [0.1, 0.15) is 5.56 Å². The number of quaternary nitrogens is 1. The van der Waals surface area contributed by atoms with Gasteiger partial charge in [-0.1, -0.05) is 42.3 Å². The first-order valence-corrected chi connectivity index (χ1v) is 9.76. The summed E-state index contributed by atoms with van der Waals surface area (Å²) in [6.45, 7) is 4.79. The Hall–Kier alpha value is -2.17. The molecule has 2 aromatic carbocycles. The van der Waals surface area contributed by atoms with E-state index >= 15 is 0 Å². The van der Waals surface area contributed by atoms with E-state index in [1.807, 2.05) is 30.3 Å². The predicted molar refractivity (Wildman–Crippen MR) is 99.3 cm³/mol. The number of morpholine rings is 1. The zero-order valence-electron chi connectivity index (χ0n) is 14.8. The first kappa shape index (κ1) is 20.1. The summed E-state index contributed by atoms with van der Waals surface area (Å²) < 4.78 is 37.2. The van der Waals surface area contributed by atoms with Crippen molar-refractivity contribution in [1.29, 1.82) is 0 Å². The smallest absolute Gasteiger partial charge is 0.141 e. The molecule has 1 fully saturated rings. The number of likely N-dealkylation sites (N-methyl/N-ethyl adjacent to an activating group) is 1. The predicted octanol–water partition coefficient (Wildman–Crippen LogP) is 2.11. The lowest BCUT2D eigenvalue weighted by atomic mass is 10.2. The third-order valence-electron chi connectivity index (χ3n) is 4.05. The minimum Gasteiger partial charge on any atom is -0.744 e. The van der Waals surface area contributed by atoms with Crippen LogP contribution in [0.4, 0.5) is 0 Å². The average Bonchev–Trinajstić information content (AvgIpc) is 2.64. The number of hydrogen-bond acceptors (Lipinski definition) is 4. The fourth-order valence-corrected chi connectivity index (χ4v) is 2.87. The summed E-state index contributed by atoms with van der Waals surface area (Å²) in [6, 6.07) is 17.3. The summed E-state index contributed by atoms with van der Waals surface area (Å²) in [6.07, 6.45) is 0. The lowest BCUT2D eigenvalue weighted by Crippen LogP contribution is -2.52. The molecule has 0 N–H and O–H groups in total. The SMILES string of the molecule is C[N+]1(CC#Cc2ccccc2)CCOCC1.O=S(=O)([O-])c1ccccc1. The molecule has 0 aromatic heterocycles. The van der Waals surface area contributed by atoms with Crippen molar-refractivity contribution in [2.45, 2.75) is 4.90 Å². The molecular formula is C20H23NO4S. The van der Waals surface area contributed by atoms with Crippen LogP contribution < -0.4 is 0 Å². The second kappa shape index (κ2) is 9.51. The Morgan fingerprint density at radius 1 is 1.00 bits per heavy atom. The quantitative estimate of drug-likeness (QED) is 0.459. The zero-order valence-corrected chi connectivity index (χ0v) is 15.6. The number of ether oxygens (including phenoxy) is 1. The van der Waals surface area contributed by atoms with E-state index in [9.17, 15) is 13.0 Å². The molecule has 3 rings (SSSR count). The largest absolute Gasteiger partial charge is 0.744 e. The van der Waals surface area contributed by atoms with Gasteiger partial charge in [-0.2, -0.15) is 0 Å². The molecule has 1 aliphatic rings. The third-order valence-corrected chi connectivity index (χ3v) is 4.90.